The molecule has 0 unspecified atom stereocenters. The van der Waals surface area contributed by atoms with Gasteiger partial charge in [0.15, 0.2) is 0 Å². The Morgan fingerprint density at radius 1 is 1.17 bits per heavy atom. The summed E-state index contributed by atoms with van der Waals surface area (Å²) >= 11 is 0. The van der Waals surface area contributed by atoms with Crippen molar-refractivity contribution >= 4 is 25.6 Å². The molecule has 1 rings (SSSR count). The zero-order valence-corrected chi connectivity index (χ0v) is 12.6. The van der Waals surface area contributed by atoms with Gasteiger partial charge in [-0.3, -0.25) is 4.79 Å². The number of nitrogens with zero attached hydrogens (tertiary/aromatic N) is 1. The Morgan fingerprint density at radius 3 is 2.06 bits per heavy atom. The normalized spacial score (nSPS) is 11.4. The molecule has 0 N–H and O–H groups in total. The van der Waals surface area contributed by atoms with Crippen LogP contribution in [0.5, 0.6) is 0 Å². The van der Waals surface area contributed by atoms with Gasteiger partial charge in [-0.15, -0.1) is 0 Å². The smallest absolute Gasteiger partial charge is 0.261 e. The van der Waals surface area contributed by atoms with Crippen LogP contribution in [0.25, 0.3) is 0 Å². The van der Waals surface area contributed by atoms with Crippen LogP contribution in [-0.2, 0) is 9.05 Å². The SMILES string of the molecule is Cc1cc(C)c(S(=O)(=O)Cl)c(C)c1C(=O)N(C)C. The van der Waals surface area contributed by atoms with Crippen molar-refractivity contribution in [2.75, 3.05) is 14.1 Å². The Labute approximate surface area is 112 Å². The molecule has 100 valence electrons. The van der Waals surface area contributed by atoms with E-state index in [0.29, 0.717) is 16.7 Å². The predicted octanol–water partition coefficient (Wildman–Crippen LogP) is 2.24. The maximum Gasteiger partial charge on any atom is 0.261 e. The van der Waals surface area contributed by atoms with Crippen LogP contribution in [0.2, 0.25) is 0 Å². The number of amides is 1. The van der Waals surface area contributed by atoms with Gasteiger partial charge in [-0.2, -0.15) is 0 Å². The largest absolute Gasteiger partial charge is 0.345 e. The van der Waals surface area contributed by atoms with Gasteiger partial charge in [0.2, 0.25) is 0 Å². The van der Waals surface area contributed by atoms with E-state index in [1.807, 2.05) is 0 Å². The van der Waals surface area contributed by atoms with E-state index < -0.39 is 9.05 Å². The second-order valence-electron chi connectivity index (χ2n) is 4.48. The lowest BCUT2D eigenvalue weighted by Gasteiger charge is -2.18. The Balaban J connectivity index is 3.72. The fourth-order valence-corrected chi connectivity index (χ4v) is 3.72. The van der Waals surface area contributed by atoms with Crippen LogP contribution in [0.15, 0.2) is 11.0 Å². The lowest BCUT2D eigenvalue weighted by molar-refractivity contribution is 0.0826. The zero-order valence-electron chi connectivity index (χ0n) is 11.0. The molecule has 0 heterocycles. The van der Waals surface area contributed by atoms with Crippen LogP contribution >= 0.6 is 10.7 Å². The van der Waals surface area contributed by atoms with E-state index in [1.54, 1.807) is 40.9 Å². The van der Waals surface area contributed by atoms with Gasteiger partial charge >= 0.3 is 0 Å². The molecule has 0 bridgehead atoms. The molecule has 6 heteroatoms. The van der Waals surface area contributed by atoms with Crippen molar-refractivity contribution in [3.05, 3.63) is 28.3 Å². The van der Waals surface area contributed by atoms with Crippen LogP contribution in [0.4, 0.5) is 0 Å². The van der Waals surface area contributed by atoms with E-state index in [1.165, 1.54) is 4.90 Å². The summed E-state index contributed by atoms with van der Waals surface area (Å²) in [7, 11) is 4.81. The number of aryl methyl sites for hydroxylation is 2. The first kappa shape index (κ1) is 15.0. The summed E-state index contributed by atoms with van der Waals surface area (Å²) < 4.78 is 23.1. The van der Waals surface area contributed by atoms with Crippen molar-refractivity contribution in [3.63, 3.8) is 0 Å². The molecular formula is C12H16ClNO3S. The van der Waals surface area contributed by atoms with Gasteiger partial charge in [-0.25, -0.2) is 8.42 Å². The molecule has 4 nitrogen and oxygen atoms in total. The van der Waals surface area contributed by atoms with Crippen molar-refractivity contribution < 1.29 is 13.2 Å². The summed E-state index contributed by atoms with van der Waals surface area (Å²) in [6, 6.07) is 1.67. The van der Waals surface area contributed by atoms with Crippen molar-refractivity contribution in [1.82, 2.24) is 4.90 Å². The molecule has 0 fully saturated rings. The molecule has 0 radical (unpaired) electrons. The number of hydrogen-bond donors (Lipinski definition) is 0. The lowest BCUT2D eigenvalue weighted by Crippen LogP contribution is -2.24. The Hall–Kier alpha value is -1.07. The van der Waals surface area contributed by atoms with Gasteiger partial charge in [-0.05, 0) is 37.5 Å². The fraction of sp³-hybridized carbons (Fsp3) is 0.417. The van der Waals surface area contributed by atoms with Gasteiger partial charge in [0.05, 0.1) is 4.90 Å². The van der Waals surface area contributed by atoms with E-state index in [0.717, 1.165) is 5.56 Å². The number of carbonyl (C=O) groups excluding carboxylic acids is 1. The Bertz CT molecular complexity index is 606. The highest BCUT2D eigenvalue weighted by atomic mass is 35.7. The minimum atomic E-state index is -3.86. The predicted molar refractivity (Wildman–Crippen MR) is 71.7 cm³/mol. The van der Waals surface area contributed by atoms with E-state index in [9.17, 15) is 13.2 Å². The lowest BCUT2D eigenvalue weighted by atomic mass is 9.98. The number of carbonyl (C=O) groups is 1. The number of hydrogen-bond acceptors (Lipinski definition) is 3. The summed E-state index contributed by atoms with van der Waals surface area (Å²) in [6.07, 6.45) is 0. The van der Waals surface area contributed by atoms with E-state index in [2.05, 4.69) is 0 Å². The molecule has 0 aliphatic carbocycles. The first-order valence-corrected chi connectivity index (χ1v) is 7.65. The van der Waals surface area contributed by atoms with Crippen LogP contribution in [0.3, 0.4) is 0 Å². The van der Waals surface area contributed by atoms with Gasteiger partial charge in [0.1, 0.15) is 0 Å². The van der Waals surface area contributed by atoms with Gasteiger partial charge < -0.3 is 4.90 Å². The van der Waals surface area contributed by atoms with Crippen molar-refractivity contribution in [3.8, 4) is 0 Å². The van der Waals surface area contributed by atoms with Crippen LogP contribution in [-0.4, -0.2) is 33.3 Å². The molecule has 0 aromatic heterocycles. The quantitative estimate of drug-likeness (QED) is 0.785. The summed E-state index contributed by atoms with van der Waals surface area (Å²) in [4.78, 5) is 13.5. The van der Waals surface area contributed by atoms with Gasteiger partial charge in [0.25, 0.3) is 15.0 Å². The highest BCUT2D eigenvalue weighted by Gasteiger charge is 2.24. The maximum absolute atomic E-state index is 12.1. The van der Waals surface area contributed by atoms with E-state index in [-0.39, 0.29) is 10.8 Å². The zero-order chi connectivity index (χ0) is 14.2. The molecule has 0 saturated heterocycles. The summed E-state index contributed by atoms with van der Waals surface area (Å²) in [5.74, 6) is -0.230. The van der Waals surface area contributed by atoms with Gasteiger partial charge in [-0.1, -0.05) is 6.07 Å². The Kier molecular flexibility index (Phi) is 4.08. The molecule has 1 amide bonds. The van der Waals surface area contributed by atoms with Crippen molar-refractivity contribution in [2.45, 2.75) is 25.7 Å². The van der Waals surface area contributed by atoms with Crippen molar-refractivity contribution in [2.24, 2.45) is 0 Å². The number of benzene rings is 1. The van der Waals surface area contributed by atoms with E-state index >= 15 is 0 Å². The molecule has 0 saturated carbocycles. The third-order valence-corrected chi connectivity index (χ3v) is 4.34. The number of rotatable bonds is 2. The summed E-state index contributed by atoms with van der Waals surface area (Å²) in [5.41, 5.74) is 2.09. The second kappa shape index (κ2) is 4.90. The average molecular weight is 290 g/mol. The first-order chi connectivity index (χ1) is 8.07. The highest BCUT2D eigenvalue weighted by Crippen LogP contribution is 2.29. The van der Waals surface area contributed by atoms with Crippen molar-refractivity contribution in [1.29, 1.82) is 0 Å². The molecular weight excluding hydrogens is 274 g/mol. The van der Waals surface area contributed by atoms with Crippen LogP contribution in [0, 0.1) is 20.8 Å². The third kappa shape index (κ3) is 2.67. The molecule has 0 atom stereocenters. The second-order valence-corrected chi connectivity index (χ2v) is 6.98. The minimum Gasteiger partial charge on any atom is -0.345 e. The van der Waals surface area contributed by atoms with E-state index in [4.69, 9.17) is 10.7 Å². The Morgan fingerprint density at radius 2 is 1.67 bits per heavy atom. The molecule has 0 aliphatic heterocycles. The maximum atomic E-state index is 12.1. The topological polar surface area (TPSA) is 54.5 Å². The van der Waals surface area contributed by atoms with Gasteiger partial charge in [0, 0.05) is 30.3 Å². The summed E-state index contributed by atoms with van der Waals surface area (Å²) in [5, 5.41) is 0. The minimum absolute atomic E-state index is 0.0277. The average Bonchev–Trinajstić information content (AvgIpc) is 2.13. The summed E-state index contributed by atoms with van der Waals surface area (Å²) in [6.45, 7) is 5.05. The monoisotopic (exact) mass is 289 g/mol. The standard InChI is InChI=1S/C12H16ClNO3S/c1-7-6-8(2)11(18(13,16)17)9(3)10(7)12(15)14(4)5/h6H,1-5H3. The molecule has 18 heavy (non-hydrogen) atoms. The molecule has 1 aromatic rings. The molecule has 0 spiro atoms. The first-order valence-electron chi connectivity index (χ1n) is 5.34. The number of halogens is 1. The van der Waals surface area contributed by atoms with Crippen LogP contribution in [0.1, 0.15) is 27.0 Å². The fourth-order valence-electron chi connectivity index (χ4n) is 2.10. The molecule has 1 aromatic carbocycles. The van der Waals surface area contributed by atoms with Crippen LogP contribution < -0.4 is 0 Å². The third-order valence-electron chi connectivity index (χ3n) is 2.76. The molecule has 0 aliphatic rings. The highest BCUT2D eigenvalue weighted by molar-refractivity contribution is 8.13.